The molecule has 0 saturated carbocycles. The molecule has 2 saturated heterocycles. The first-order valence-corrected chi connectivity index (χ1v) is 14.1. The van der Waals surface area contributed by atoms with Crippen molar-refractivity contribution in [3.05, 3.63) is 41.9 Å². The summed E-state index contributed by atoms with van der Waals surface area (Å²) in [6.45, 7) is 8.63. The molecule has 1 aromatic carbocycles. The van der Waals surface area contributed by atoms with E-state index in [9.17, 15) is 19.5 Å². The summed E-state index contributed by atoms with van der Waals surface area (Å²) < 4.78 is 12.8. The standard InChI is InChI=1S/C28H37N7O6/c1-18(2)15-35(21-14-20(16-33(17-21)28(38)39)26(36)32-10-12-40-13-11-32)27(37)25-29-22-6-4-5-7-23(22)34(25)9-8-24-31-30-19(3)41-24/h4-7,18,20-21H,8-17H2,1-3H3,(H,38,39)/t20-,21+/m1/s1. The highest BCUT2D eigenvalue weighted by Gasteiger charge is 2.40. The van der Waals surface area contributed by atoms with Crippen LogP contribution in [0.4, 0.5) is 4.79 Å². The van der Waals surface area contributed by atoms with Crippen molar-refractivity contribution in [2.45, 2.75) is 46.2 Å². The second-order valence-corrected chi connectivity index (χ2v) is 11.1. The van der Waals surface area contributed by atoms with Crippen molar-refractivity contribution in [2.24, 2.45) is 11.8 Å². The minimum Gasteiger partial charge on any atom is -0.465 e. The lowest BCUT2D eigenvalue weighted by molar-refractivity contribution is -0.142. The molecule has 2 atom stereocenters. The Morgan fingerprint density at radius 3 is 2.54 bits per heavy atom. The summed E-state index contributed by atoms with van der Waals surface area (Å²) in [5.41, 5.74) is 1.48. The third-order valence-corrected chi connectivity index (χ3v) is 7.60. The lowest BCUT2D eigenvalue weighted by atomic mass is 9.91. The van der Waals surface area contributed by atoms with Crippen molar-refractivity contribution in [3.8, 4) is 0 Å². The van der Waals surface area contributed by atoms with E-state index in [1.807, 2.05) is 42.7 Å². The van der Waals surface area contributed by atoms with Gasteiger partial charge in [-0.15, -0.1) is 10.2 Å². The Labute approximate surface area is 238 Å². The molecule has 0 spiro atoms. The van der Waals surface area contributed by atoms with Crippen LogP contribution in [0.1, 0.15) is 42.7 Å². The molecule has 13 heteroatoms. The van der Waals surface area contributed by atoms with Gasteiger partial charge in [-0.25, -0.2) is 9.78 Å². The van der Waals surface area contributed by atoms with E-state index in [0.29, 0.717) is 69.5 Å². The van der Waals surface area contributed by atoms with Crippen LogP contribution in [0.5, 0.6) is 0 Å². The molecule has 4 heterocycles. The third-order valence-electron chi connectivity index (χ3n) is 7.60. The summed E-state index contributed by atoms with van der Waals surface area (Å²) in [6.07, 6.45) is -0.314. The number of carbonyl (C=O) groups excluding carboxylic acids is 2. The van der Waals surface area contributed by atoms with E-state index in [4.69, 9.17) is 14.1 Å². The molecular formula is C28H37N7O6. The van der Waals surface area contributed by atoms with Gasteiger partial charge in [0.1, 0.15) is 0 Å². The summed E-state index contributed by atoms with van der Waals surface area (Å²) >= 11 is 0. The lowest BCUT2D eigenvalue weighted by Gasteiger charge is -2.43. The molecule has 220 valence electrons. The van der Waals surface area contributed by atoms with Gasteiger partial charge in [0, 0.05) is 52.6 Å². The first-order valence-electron chi connectivity index (χ1n) is 14.1. The molecule has 3 aromatic rings. The zero-order chi connectivity index (χ0) is 29.1. The predicted molar refractivity (Wildman–Crippen MR) is 147 cm³/mol. The van der Waals surface area contributed by atoms with Gasteiger partial charge in [-0.2, -0.15) is 0 Å². The van der Waals surface area contributed by atoms with Crippen LogP contribution < -0.4 is 0 Å². The number of morpholine rings is 1. The van der Waals surface area contributed by atoms with Crippen molar-refractivity contribution in [1.82, 2.24) is 34.4 Å². The average molecular weight is 568 g/mol. The molecule has 0 aliphatic carbocycles. The van der Waals surface area contributed by atoms with Gasteiger partial charge in [-0.3, -0.25) is 9.59 Å². The van der Waals surface area contributed by atoms with Crippen LogP contribution in [0.2, 0.25) is 0 Å². The number of imidazole rings is 1. The summed E-state index contributed by atoms with van der Waals surface area (Å²) in [6, 6.07) is 7.04. The van der Waals surface area contributed by atoms with Crippen LogP contribution in [0, 0.1) is 18.8 Å². The van der Waals surface area contributed by atoms with Gasteiger partial charge >= 0.3 is 6.09 Å². The number of carbonyl (C=O) groups is 3. The fourth-order valence-corrected chi connectivity index (χ4v) is 5.71. The number of rotatable bonds is 8. The van der Waals surface area contributed by atoms with Gasteiger partial charge in [0.05, 0.1) is 36.2 Å². The van der Waals surface area contributed by atoms with E-state index in [0.717, 1.165) is 5.52 Å². The smallest absolute Gasteiger partial charge is 0.407 e. The number of aryl methyl sites for hydroxylation is 3. The molecule has 0 unspecified atom stereocenters. The number of hydrogen-bond donors (Lipinski definition) is 1. The molecule has 2 aliphatic rings. The van der Waals surface area contributed by atoms with Gasteiger partial charge in [-0.05, 0) is 24.5 Å². The topological polar surface area (TPSA) is 147 Å². The Kier molecular flexibility index (Phi) is 8.52. The zero-order valence-electron chi connectivity index (χ0n) is 23.7. The molecular weight excluding hydrogens is 530 g/mol. The summed E-state index contributed by atoms with van der Waals surface area (Å²) in [7, 11) is 0. The van der Waals surface area contributed by atoms with Gasteiger partial charge in [0.2, 0.25) is 17.7 Å². The van der Waals surface area contributed by atoms with Gasteiger partial charge in [0.15, 0.2) is 5.82 Å². The first-order chi connectivity index (χ1) is 19.7. The fraction of sp³-hybridized carbons (Fsp3) is 0.571. The number of likely N-dealkylation sites (tertiary alicyclic amines) is 1. The van der Waals surface area contributed by atoms with E-state index in [1.165, 1.54) is 4.90 Å². The molecule has 13 nitrogen and oxygen atoms in total. The third kappa shape index (κ3) is 6.34. The van der Waals surface area contributed by atoms with Gasteiger partial charge in [0.25, 0.3) is 5.91 Å². The average Bonchev–Trinajstić information content (AvgIpc) is 3.56. The van der Waals surface area contributed by atoms with Crippen molar-refractivity contribution < 1.29 is 28.6 Å². The SMILES string of the molecule is Cc1nnc(CCn2c(C(=O)N(CC(C)C)[C@H]3C[C@@H](C(=O)N4CCOCC4)CN(C(=O)O)C3)nc3ccccc32)o1. The molecule has 0 bridgehead atoms. The summed E-state index contributed by atoms with van der Waals surface area (Å²) in [5, 5.41) is 17.9. The van der Waals surface area contributed by atoms with Crippen LogP contribution in [0.25, 0.3) is 11.0 Å². The van der Waals surface area contributed by atoms with E-state index in [1.54, 1.807) is 16.7 Å². The van der Waals surface area contributed by atoms with Crippen molar-refractivity contribution in [3.63, 3.8) is 0 Å². The molecule has 3 amide bonds. The molecule has 0 radical (unpaired) electrons. The molecule has 1 N–H and O–H groups in total. The number of piperidine rings is 1. The number of nitrogens with zero attached hydrogens (tertiary/aromatic N) is 7. The number of fused-ring (bicyclic) bond motifs is 1. The summed E-state index contributed by atoms with van der Waals surface area (Å²) in [4.78, 5) is 49.4. The Balaban J connectivity index is 1.46. The van der Waals surface area contributed by atoms with Crippen LogP contribution in [-0.2, 0) is 22.5 Å². The number of aromatic nitrogens is 4. The molecule has 41 heavy (non-hydrogen) atoms. The number of carboxylic acid groups (broad SMARTS) is 1. The Morgan fingerprint density at radius 2 is 1.85 bits per heavy atom. The highest BCUT2D eigenvalue weighted by atomic mass is 16.5. The molecule has 5 rings (SSSR count). The molecule has 2 fully saturated rings. The maximum Gasteiger partial charge on any atom is 0.407 e. The second-order valence-electron chi connectivity index (χ2n) is 11.1. The minimum atomic E-state index is -1.10. The van der Waals surface area contributed by atoms with E-state index < -0.39 is 18.1 Å². The normalized spacial score (nSPS) is 19.6. The number of para-hydroxylation sites is 2. The quantitative estimate of drug-likeness (QED) is 0.433. The number of amides is 3. The predicted octanol–water partition coefficient (Wildman–Crippen LogP) is 2.30. The second kappa shape index (κ2) is 12.2. The number of benzene rings is 1. The summed E-state index contributed by atoms with van der Waals surface area (Å²) in [5.74, 6) is 0.348. The number of ether oxygens (including phenoxy) is 1. The fourth-order valence-electron chi connectivity index (χ4n) is 5.71. The van der Waals surface area contributed by atoms with Crippen LogP contribution in [-0.4, -0.2) is 109 Å². The molecule has 2 aromatic heterocycles. The van der Waals surface area contributed by atoms with Crippen molar-refractivity contribution >= 4 is 28.9 Å². The van der Waals surface area contributed by atoms with Crippen LogP contribution in [0.3, 0.4) is 0 Å². The zero-order valence-corrected chi connectivity index (χ0v) is 23.7. The van der Waals surface area contributed by atoms with E-state index in [-0.39, 0.29) is 36.6 Å². The monoisotopic (exact) mass is 567 g/mol. The van der Waals surface area contributed by atoms with Crippen molar-refractivity contribution in [1.29, 1.82) is 0 Å². The Bertz CT molecular complexity index is 1400. The lowest BCUT2D eigenvalue weighted by Crippen LogP contribution is -2.58. The van der Waals surface area contributed by atoms with Crippen LogP contribution >= 0.6 is 0 Å². The first kappa shape index (κ1) is 28.5. The van der Waals surface area contributed by atoms with Crippen molar-refractivity contribution in [2.75, 3.05) is 45.9 Å². The van der Waals surface area contributed by atoms with Gasteiger partial charge in [-0.1, -0.05) is 26.0 Å². The van der Waals surface area contributed by atoms with E-state index >= 15 is 0 Å². The van der Waals surface area contributed by atoms with E-state index in [2.05, 4.69) is 10.2 Å². The molecule has 2 aliphatic heterocycles. The minimum absolute atomic E-state index is 0.0942. The van der Waals surface area contributed by atoms with Gasteiger partial charge < -0.3 is 33.5 Å². The van der Waals surface area contributed by atoms with Crippen LogP contribution in [0.15, 0.2) is 28.7 Å². The Morgan fingerprint density at radius 1 is 1.10 bits per heavy atom. The maximum atomic E-state index is 14.4. The highest BCUT2D eigenvalue weighted by Crippen LogP contribution is 2.27. The Hall–Kier alpha value is -4.00. The number of hydrogen-bond acceptors (Lipinski definition) is 8. The maximum absolute atomic E-state index is 14.4. The largest absolute Gasteiger partial charge is 0.465 e. The highest BCUT2D eigenvalue weighted by molar-refractivity contribution is 5.95.